The van der Waals surface area contributed by atoms with Gasteiger partial charge in [0.15, 0.2) is 0 Å². The van der Waals surface area contributed by atoms with Gasteiger partial charge in [0.25, 0.3) is 11.8 Å². The first-order chi connectivity index (χ1) is 29.5. The molecule has 0 saturated heterocycles. The highest BCUT2D eigenvalue weighted by atomic mass is 79.9. The number of hydrogen-bond acceptors (Lipinski definition) is 11. The van der Waals surface area contributed by atoms with Crippen LogP contribution in [0.1, 0.15) is 71.0 Å². The summed E-state index contributed by atoms with van der Waals surface area (Å²) in [6.07, 6.45) is 6.74. The average Bonchev–Trinajstić information content (AvgIpc) is 3.24. The van der Waals surface area contributed by atoms with Crippen molar-refractivity contribution in [2.45, 2.75) is 60.9 Å². The number of aryl methyl sites for hydroxylation is 6. The van der Waals surface area contributed by atoms with E-state index in [4.69, 9.17) is 42.8 Å². The molecule has 3 aromatic carbocycles. The fourth-order valence-corrected chi connectivity index (χ4v) is 5.03. The number of methoxy groups -OCH3 is 2. The summed E-state index contributed by atoms with van der Waals surface area (Å²) in [6.45, 7) is 13.0. The van der Waals surface area contributed by atoms with Crippen molar-refractivity contribution >= 4 is 52.6 Å². The molecule has 0 aliphatic carbocycles. The zero-order valence-electron chi connectivity index (χ0n) is 37.6. The van der Waals surface area contributed by atoms with Crippen LogP contribution in [0.15, 0.2) is 114 Å². The molecule has 0 fully saturated rings. The van der Waals surface area contributed by atoms with Gasteiger partial charge in [0.2, 0.25) is 0 Å². The highest BCUT2D eigenvalue weighted by Crippen LogP contribution is 2.20. The number of carbonyl (C=O) groups excluding carboxylic acids is 2. The van der Waals surface area contributed by atoms with Gasteiger partial charge in [0.05, 0.1) is 43.5 Å². The van der Waals surface area contributed by atoms with Crippen molar-refractivity contribution in [2.75, 3.05) is 20.8 Å². The van der Waals surface area contributed by atoms with E-state index in [1.807, 2.05) is 115 Å². The minimum atomic E-state index is -0.609. The van der Waals surface area contributed by atoms with Gasteiger partial charge in [-0.25, -0.2) is 4.98 Å². The number of nitrogens with zero attached hydrogens (tertiary/aromatic N) is 4. The van der Waals surface area contributed by atoms with Crippen LogP contribution < -0.4 is 32.4 Å². The van der Waals surface area contributed by atoms with Crippen molar-refractivity contribution < 1.29 is 24.2 Å². The number of ether oxygens (including phenoxy) is 2. The fraction of sp³-hybridized carbons (Fsp3) is 0.250. The molecule has 0 unspecified atom stereocenters. The quantitative estimate of drug-likeness (QED) is 0.0904. The maximum absolute atomic E-state index is 10.8. The molecule has 6 rings (SSSR count). The van der Waals surface area contributed by atoms with Crippen molar-refractivity contribution in [2.24, 2.45) is 22.9 Å². The maximum Gasteiger partial charge on any atom is 0.252 e. The lowest BCUT2D eigenvalue weighted by Crippen LogP contribution is -2.12. The number of primary amides is 2. The van der Waals surface area contributed by atoms with E-state index in [9.17, 15) is 9.59 Å². The minimum absolute atomic E-state index is 0. The molecular formula is C48H61BrCl2N8O5. The maximum atomic E-state index is 10.8. The molecule has 2 amide bonds. The predicted octanol–water partition coefficient (Wildman–Crippen LogP) is 8.71. The molecule has 0 aliphatic rings. The lowest BCUT2D eigenvalue weighted by Gasteiger charge is -2.06. The molecule has 0 saturated carbocycles. The Hall–Kier alpha value is -6.08. The summed E-state index contributed by atoms with van der Waals surface area (Å²) in [4.78, 5) is 33.7. The Morgan fingerprint density at radius 2 is 1.06 bits per heavy atom. The van der Waals surface area contributed by atoms with E-state index in [1.54, 1.807) is 31.5 Å². The van der Waals surface area contributed by atoms with Gasteiger partial charge in [-0.2, -0.15) is 5.26 Å². The molecule has 344 valence electrons. The number of halogens is 3. The predicted molar refractivity (Wildman–Crippen MR) is 264 cm³/mol. The molecule has 3 heterocycles. The normalized spacial score (nSPS) is 9.16. The first kappa shape index (κ1) is 60.0. The van der Waals surface area contributed by atoms with Crippen molar-refractivity contribution in [3.05, 3.63) is 176 Å². The molecule has 0 bridgehead atoms. The minimum Gasteiger partial charge on any atom is -0.507 e. The number of aromatic nitrogens is 3. The number of pyridine rings is 3. The molecule has 9 N–H and O–H groups in total. The summed E-state index contributed by atoms with van der Waals surface area (Å²) in [5.74, 6) is 0.279. The monoisotopic (exact) mass is 978 g/mol. The standard InChI is InChI=1S/C9H11NO2.C9H13NO.C8H12N2.C8H8N2.C8H9NO2.C6H6BrN.2ClH/c1-6-3-4-7(9(10)11)8(5-6)12-2;1-7-3-4-8(6-10)9(5-7)11-2;2*1-7-2-3-8(4-5-9)10-6-7;1-5-2-3-6(8(9)11)7(10)4-5;1-5-2-3-6(7)8-4-5;;/h3-5H,1-2H3,(H2,10,11);3-5H,6,10H2,1-2H3;2-3,6H,4-5,9H2,1H3;2-3,6H,4H2,1H3;2-4,10H,1H3,(H2,9,11);2-4H,1H3;2*1H. The first-order valence-corrected chi connectivity index (χ1v) is 20.1. The van der Waals surface area contributed by atoms with E-state index >= 15 is 0 Å². The van der Waals surface area contributed by atoms with Gasteiger partial charge in [-0.3, -0.25) is 19.6 Å². The van der Waals surface area contributed by atoms with Crippen LogP contribution in [0, 0.1) is 52.9 Å². The van der Waals surface area contributed by atoms with Crippen LogP contribution >= 0.6 is 40.7 Å². The number of rotatable bonds is 8. The summed E-state index contributed by atoms with van der Waals surface area (Å²) in [7, 11) is 3.18. The second kappa shape index (κ2) is 33.5. The molecule has 3 aromatic heterocycles. The number of carbonyl (C=O) groups is 2. The number of benzene rings is 3. The molecular weight excluding hydrogens is 919 g/mol. The first-order valence-electron chi connectivity index (χ1n) is 19.3. The van der Waals surface area contributed by atoms with Crippen molar-refractivity contribution in [1.82, 2.24) is 15.0 Å². The van der Waals surface area contributed by atoms with Crippen LogP contribution in [0.3, 0.4) is 0 Å². The summed E-state index contributed by atoms with van der Waals surface area (Å²) in [5, 5.41) is 17.5. The van der Waals surface area contributed by atoms with E-state index < -0.39 is 11.8 Å². The van der Waals surface area contributed by atoms with Crippen LogP contribution in [0.4, 0.5) is 0 Å². The van der Waals surface area contributed by atoms with Gasteiger partial charge in [-0.15, -0.1) is 24.8 Å². The smallest absolute Gasteiger partial charge is 0.252 e. The van der Waals surface area contributed by atoms with Gasteiger partial charge >= 0.3 is 0 Å². The third-order valence-electron chi connectivity index (χ3n) is 8.18. The van der Waals surface area contributed by atoms with Crippen molar-refractivity contribution in [3.8, 4) is 23.3 Å². The lowest BCUT2D eigenvalue weighted by molar-refractivity contribution is 0.0988. The Kier molecular flexibility index (Phi) is 31.4. The summed E-state index contributed by atoms with van der Waals surface area (Å²) in [6, 6.07) is 29.9. The SMILES string of the molecule is COc1cc(C)ccc1C(N)=O.COc1cc(C)ccc1CN.Cc1ccc(Br)nc1.Cc1ccc(C(N)=O)c(O)c1.Cc1ccc(CC#N)nc1.Cc1ccc(CCN)nc1.Cl.Cl. The topological polar surface area (TPSA) is 239 Å². The molecule has 0 radical (unpaired) electrons. The Labute approximate surface area is 398 Å². The van der Waals surface area contributed by atoms with Crippen LogP contribution in [0.25, 0.3) is 0 Å². The van der Waals surface area contributed by atoms with Crippen LogP contribution in [0.2, 0.25) is 0 Å². The van der Waals surface area contributed by atoms with E-state index in [0.717, 1.165) is 50.4 Å². The number of nitrogens with two attached hydrogens (primary N) is 4. The van der Waals surface area contributed by atoms with Crippen molar-refractivity contribution in [1.29, 1.82) is 5.26 Å². The number of aromatic hydroxyl groups is 1. The number of hydrogen-bond donors (Lipinski definition) is 5. The number of amides is 2. The molecule has 0 spiro atoms. The molecule has 0 atom stereocenters. The van der Waals surface area contributed by atoms with Gasteiger partial charge in [-0.1, -0.05) is 42.5 Å². The summed E-state index contributed by atoms with van der Waals surface area (Å²) in [5.41, 5.74) is 31.1. The van der Waals surface area contributed by atoms with E-state index in [-0.39, 0.29) is 36.1 Å². The van der Waals surface area contributed by atoms with E-state index in [2.05, 4.69) is 36.9 Å². The second-order valence-corrected chi connectivity index (χ2v) is 14.5. The molecule has 16 heteroatoms. The molecule has 0 aliphatic heterocycles. The Balaban J connectivity index is 0. The van der Waals surface area contributed by atoms with Gasteiger partial charge in [0.1, 0.15) is 21.9 Å². The van der Waals surface area contributed by atoms with Crippen LogP contribution in [0.5, 0.6) is 17.2 Å². The second-order valence-electron chi connectivity index (χ2n) is 13.7. The number of phenols is 1. The zero-order chi connectivity index (χ0) is 46.6. The third kappa shape index (κ3) is 24.5. The number of nitriles is 1. The fourth-order valence-electron chi connectivity index (χ4n) is 4.80. The van der Waals surface area contributed by atoms with Crippen LogP contribution in [-0.4, -0.2) is 52.6 Å². The Morgan fingerprint density at radius 3 is 1.45 bits per heavy atom. The third-order valence-corrected chi connectivity index (χ3v) is 8.65. The van der Waals surface area contributed by atoms with Gasteiger partial charge in [0, 0.05) is 42.8 Å². The zero-order valence-corrected chi connectivity index (χ0v) is 40.8. The molecule has 13 nitrogen and oxygen atoms in total. The van der Waals surface area contributed by atoms with Crippen LogP contribution in [-0.2, 0) is 19.4 Å². The lowest BCUT2D eigenvalue weighted by atomic mass is 10.1. The van der Waals surface area contributed by atoms with E-state index in [1.165, 1.54) is 35.9 Å². The summed E-state index contributed by atoms with van der Waals surface area (Å²) < 4.78 is 11.0. The Bertz CT molecular complexity index is 2290. The molecule has 64 heavy (non-hydrogen) atoms. The van der Waals surface area contributed by atoms with Gasteiger partial charge in [-0.05, 0) is 146 Å². The largest absolute Gasteiger partial charge is 0.507 e. The highest BCUT2D eigenvalue weighted by Gasteiger charge is 2.08. The van der Waals surface area contributed by atoms with Crippen molar-refractivity contribution in [3.63, 3.8) is 0 Å². The average molecular weight is 981 g/mol. The summed E-state index contributed by atoms with van der Waals surface area (Å²) >= 11 is 3.23. The highest BCUT2D eigenvalue weighted by molar-refractivity contribution is 9.10. The Morgan fingerprint density at radius 1 is 0.625 bits per heavy atom. The van der Waals surface area contributed by atoms with E-state index in [0.29, 0.717) is 30.8 Å². The molecule has 6 aromatic rings. The van der Waals surface area contributed by atoms with Gasteiger partial charge < -0.3 is 37.5 Å².